The Bertz CT molecular complexity index is 2420. The lowest BCUT2D eigenvalue weighted by Crippen LogP contribution is -2.49. The molecular weight excluding hydrogens is 761 g/mol. The maximum absolute atomic E-state index is 13.8. The fraction of sp³-hybridized carbons (Fsp3) is 0.435. The summed E-state index contributed by atoms with van der Waals surface area (Å²) < 4.78 is 9.63. The number of nitrogens with one attached hydrogen (secondary N) is 4. The number of hydrogen-bond acceptors (Lipinski definition) is 8. The predicted octanol–water partition coefficient (Wildman–Crippen LogP) is 7.38. The third kappa shape index (κ3) is 7.94. The van der Waals surface area contributed by atoms with Crippen LogP contribution < -0.4 is 10.6 Å². The largest absolute Gasteiger partial charge is 0.453 e. The van der Waals surface area contributed by atoms with Crippen LogP contribution in [-0.2, 0) is 19.1 Å². The molecule has 14 heteroatoms. The van der Waals surface area contributed by atoms with Crippen molar-refractivity contribution in [1.29, 1.82) is 0 Å². The van der Waals surface area contributed by atoms with Crippen LogP contribution in [0.2, 0.25) is 0 Å². The van der Waals surface area contributed by atoms with Gasteiger partial charge in [-0.1, -0.05) is 62.4 Å². The number of hydrogen-bond donors (Lipinski definition) is 4. The van der Waals surface area contributed by atoms with Crippen molar-refractivity contribution in [2.45, 2.75) is 76.5 Å². The number of aromatic amines is 2. The van der Waals surface area contributed by atoms with Gasteiger partial charge in [0.15, 0.2) is 0 Å². The number of imidazole rings is 2. The van der Waals surface area contributed by atoms with Crippen molar-refractivity contribution in [1.82, 2.24) is 40.4 Å². The van der Waals surface area contributed by atoms with E-state index in [0.717, 1.165) is 94.6 Å². The number of rotatable bonds is 11. The summed E-state index contributed by atoms with van der Waals surface area (Å²) in [5.41, 5.74) is 5.94. The zero-order valence-corrected chi connectivity index (χ0v) is 34.4. The second-order valence-electron chi connectivity index (χ2n) is 17.3. The van der Waals surface area contributed by atoms with Crippen LogP contribution in [0.15, 0.2) is 73.1 Å². The average molecular weight is 813 g/mol. The van der Waals surface area contributed by atoms with Gasteiger partial charge in [-0.2, -0.15) is 0 Å². The van der Waals surface area contributed by atoms with E-state index in [1.807, 2.05) is 22.2 Å². The lowest BCUT2D eigenvalue weighted by Gasteiger charge is -2.28. The van der Waals surface area contributed by atoms with Gasteiger partial charge in [0.25, 0.3) is 0 Å². The molecule has 4 aliphatic rings. The minimum absolute atomic E-state index is 0.0768. The minimum Gasteiger partial charge on any atom is -0.453 e. The van der Waals surface area contributed by atoms with Crippen molar-refractivity contribution in [3.8, 4) is 33.6 Å². The molecule has 0 unspecified atom stereocenters. The number of amides is 4. The molecule has 0 bridgehead atoms. The number of ether oxygens (including phenoxy) is 2. The van der Waals surface area contributed by atoms with Gasteiger partial charge in [0, 0.05) is 18.7 Å². The number of likely N-dealkylation sites (tertiary alicyclic amines) is 2. The molecule has 2 saturated carbocycles. The third-order valence-corrected chi connectivity index (χ3v) is 12.7. The van der Waals surface area contributed by atoms with Gasteiger partial charge in [-0.15, -0.1) is 0 Å². The standard InChI is InChI=1S/C46H52N8O6/c1-25-17-37(53(23-25)43(55)39(29-9-10-29)51-45(57)59-3)41-47-21-35(49-41)28-7-5-27(6-8-28)31-13-14-33-20-34(16-15-32(33)19-31)36-22-48-42(50-36)38-18-26(2)24-54(38)44(56)40(30-11-12-30)52-46(58)60-4/h5-8,13-16,19-22,25-26,29-30,37-40H,9-12,17-18,23-24H2,1-4H3,(H,47,49)(H,48,50)(H,51,57)(H,52,58)/t25-,26-,37-,38-,39-,40-/m0/s1. The van der Waals surface area contributed by atoms with Crippen LogP contribution in [0.25, 0.3) is 44.4 Å². The molecule has 14 nitrogen and oxygen atoms in total. The van der Waals surface area contributed by atoms with Gasteiger partial charge in [-0.25, -0.2) is 19.6 Å². The normalized spacial score (nSPS) is 22.4. The van der Waals surface area contributed by atoms with E-state index in [4.69, 9.17) is 19.4 Å². The second kappa shape index (κ2) is 16.1. The highest BCUT2D eigenvalue weighted by Gasteiger charge is 2.46. The highest BCUT2D eigenvalue weighted by molar-refractivity contribution is 5.91. The van der Waals surface area contributed by atoms with E-state index in [-0.39, 0.29) is 35.7 Å². The lowest BCUT2D eigenvalue weighted by atomic mass is 9.98. The summed E-state index contributed by atoms with van der Waals surface area (Å²) in [5.74, 6) is 2.22. The van der Waals surface area contributed by atoms with Gasteiger partial charge in [-0.05, 0) is 102 Å². The van der Waals surface area contributed by atoms with Crippen molar-refractivity contribution < 1.29 is 28.7 Å². The number of methoxy groups -OCH3 is 2. The maximum Gasteiger partial charge on any atom is 0.407 e. The summed E-state index contributed by atoms with van der Waals surface area (Å²) in [5, 5.41) is 7.77. The molecule has 2 aliphatic heterocycles. The van der Waals surface area contributed by atoms with E-state index < -0.39 is 24.3 Å². The molecule has 6 atom stereocenters. The maximum atomic E-state index is 13.8. The van der Waals surface area contributed by atoms with Crippen molar-refractivity contribution >= 4 is 34.8 Å². The molecule has 4 fully saturated rings. The van der Waals surface area contributed by atoms with Crippen LogP contribution in [-0.4, -0.2) is 93.1 Å². The Morgan fingerprint density at radius 3 is 1.50 bits per heavy atom. The molecule has 9 rings (SSSR count). The van der Waals surface area contributed by atoms with Gasteiger partial charge in [0.05, 0.1) is 50.1 Å². The Morgan fingerprint density at radius 2 is 1.03 bits per heavy atom. The number of aromatic nitrogens is 4. The third-order valence-electron chi connectivity index (χ3n) is 12.7. The minimum atomic E-state index is -0.588. The first-order valence-corrected chi connectivity index (χ1v) is 21.1. The number of alkyl carbamates (subject to hydrolysis) is 2. The molecule has 2 aliphatic carbocycles. The highest BCUT2D eigenvalue weighted by Crippen LogP contribution is 2.41. The van der Waals surface area contributed by atoms with Crippen LogP contribution in [0.5, 0.6) is 0 Å². The molecule has 0 spiro atoms. The first-order valence-electron chi connectivity index (χ1n) is 21.1. The fourth-order valence-electron chi connectivity index (χ4n) is 9.19. The SMILES string of the molecule is COC(=O)N[C@H](C(=O)N1C[C@@H](C)C[C@H]1c1ncc(-c2ccc(-c3ccc4cc(-c5cnc([C@@H]6C[C@H](C)CN6C(=O)[C@@H](NC(=O)OC)C6CC6)[nH]5)ccc4c3)cc2)[nH]1)C1CC1. The molecule has 4 amide bonds. The molecule has 4 heterocycles. The summed E-state index contributed by atoms with van der Waals surface area (Å²) in [4.78, 5) is 71.9. The summed E-state index contributed by atoms with van der Waals surface area (Å²) in [6.45, 7) is 5.50. The van der Waals surface area contributed by atoms with Crippen LogP contribution >= 0.6 is 0 Å². The quantitative estimate of drug-likeness (QED) is 0.107. The van der Waals surface area contributed by atoms with Gasteiger partial charge >= 0.3 is 12.2 Å². The fourth-order valence-corrected chi connectivity index (χ4v) is 9.19. The van der Waals surface area contributed by atoms with Gasteiger partial charge < -0.3 is 39.9 Å². The zero-order chi connectivity index (χ0) is 41.7. The molecule has 3 aromatic carbocycles. The van der Waals surface area contributed by atoms with Gasteiger partial charge in [0.2, 0.25) is 11.8 Å². The van der Waals surface area contributed by atoms with Crippen molar-refractivity contribution in [2.75, 3.05) is 27.3 Å². The molecular formula is C46H52N8O6. The summed E-state index contributed by atoms with van der Waals surface area (Å²) in [6, 6.07) is 19.6. The predicted molar refractivity (Wildman–Crippen MR) is 225 cm³/mol. The van der Waals surface area contributed by atoms with Crippen molar-refractivity contribution in [2.24, 2.45) is 23.7 Å². The van der Waals surface area contributed by atoms with Crippen LogP contribution in [0.4, 0.5) is 9.59 Å². The van der Waals surface area contributed by atoms with Crippen molar-refractivity contribution in [3.63, 3.8) is 0 Å². The highest BCUT2D eigenvalue weighted by atomic mass is 16.5. The molecule has 4 N–H and O–H groups in total. The Kier molecular flexibility index (Phi) is 10.6. The summed E-state index contributed by atoms with van der Waals surface area (Å²) in [6.07, 6.45) is 7.73. The van der Waals surface area contributed by atoms with E-state index in [0.29, 0.717) is 24.9 Å². The number of carbonyl (C=O) groups is 4. The monoisotopic (exact) mass is 812 g/mol. The topological polar surface area (TPSA) is 175 Å². The first-order chi connectivity index (χ1) is 29.1. The van der Waals surface area contributed by atoms with Crippen molar-refractivity contribution in [3.05, 3.63) is 84.7 Å². The zero-order valence-electron chi connectivity index (χ0n) is 34.4. The molecule has 0 radical (unpaired) electrons. The molecule has 60 heavy (non-hydrogen) atoms. The number of H-pyrrole nitrogens is 2. The molecule has 5 aromatic rings. The Balaban J connectivity index is 0.876. The number of nitrogens with zero attached hydrogens (tertiary/aromatic N) is 4. The Morgan fingerprint density at radius 1 is 0.617 bits per heavy atom. The van der Waals surface area contributed by atoms with Crippen LogP contribution in [0.3, 0.4) is 0 Å². The first kappa shape index (κ1) is 39.3. The van der Waals surface area contributed by atoms with Crippen LogP contribution in [0.1, 0.15) is 76.1 Å². The van der Waals surface area contributed by atoms with E-state index in [1.165, 1.54) is 14.2 Å². The van der Waals surface area contributed by atoms with E-state index in [2.05, 4.69) is 95.1 Å². The molecule has 2 aromatic heterocycles. The van der Waals surface area contributed by atoms with Crippen LogP contribution in [0, 0.1) is 23.7 Å². The molecule has 2 saturated heterocycles. The second-order valence-corrected chi connectivity index (χ2v) is 17.3. The summed E-state index contributed by atoms with van der Waals surface area (Å²) in [7, 11) is 2.63. The number of benzene rings is 3. The van der Waals surface area contributed by atoms with E-state index >= 15 is 0 Å². The lowest BCUT2D eigenvalue weighted by molar-refractivity contribution is -0.135. The summed E-state index contributed by atoms with van der Waals surface area (Å²) >= 11 is 0. The smallest absolute Gasteiger partial charge is 0.407 e. The van der Waals surface area contributed by atoms with Gasteiger partial charge in [-0.3, -0.25) is 9.59 Å². The van der Waals surface area contributed by atoms with E-state index in [1.54, 1.807) is 0 Å². The van der Waals surface area contributed by atoms with E-state index in [9.17, 15) is 19.2 Å². The Hall–Kier alpha value is -6.18. The number of fused-ring (bicyclic) bond motifs is 1. The Labute approximate surface area is 348 Å². The molecule has 312 valence electrons. The van der Waals surface area contributed by atoms with Gasteiger partial charge in [0.1, 0.15) is 23.7 Å². The number of carbonyl (C=O) groups excluding carboxylic acids is 4. The average Bonchev–Trinajstić information content (AvgIpc) is 4.08.